The fraction of sp³-hybridized carbons (Fsp3) is 0.448. The first kappa shape index (κ1) is 30.3. The van der Waals surface area contributed by atoms with Crippen molar-refractivity contribution in [3.63, 3.8) is 0 Å². The zero-order valence-corrected chi connectivity index (χ0v) is 23.9. The van der Waals surface area contributed by atoms with Crippen LogP contribution in [0.1, 0.15) is 44.4 Å². The van der Waals surface area contributed by atoms with Crippen LogP contribution in [0.2, 0.25) is 0 Å². The van der Waals surface area contributed by atoms with Gasteiger partial charge in [-0.2, -0.15) is 0 Å². The standard InChI is InChI=1S/C29H37N3O8/c1-15(2)26(29(36)30-14-24(35)38-5)32-21-11-9-18-19(13-22(21)34)20(31-16(3)33)10-8-17-12-23(37-4)27(39-6)28(40-7)25(17)18/h9,11-13,15,20,26H,8,10,14H2,1-7H3,(H,30,36)(H,31,33)(H,32,34). The molecule has 0 bridgehead atoms. The number of aryl methyl sites for hydroxylation is 1. The van der Waals surface area contributed by atoms with E-state index in [9.17, 15) is 19.2 Å². The molecular formula is C29H37N3O8. The first-order valence-corrected chi connectivity index (χ1v) is 12.9. The van der Waals surface area contributed by atoms with Crippen molar-refractivity contribution in [1.29, 1.82) is 0 Å². The first-order chi connectivity index (χ1) is 19.1. The molecule has 0 aromatic heterocycles. The highest BCUT2D eigenvalue weighted by Gasteiger charge is 2.30. The average Bonchev–Trinajstić information content (AvgIpc) is 3.17. The molecule has 2 aromatic rings. The molecule has 216 valence electrons. The van der Waals surface area contributed by atoms with Gasteiger partial charge in [-0.15, -0.1) is 0 Å². The molecule has 0 radical (unpaired) electrons. The highest BCUT2D eigenvalue weighted by Crippen LogP contribution is 2.50. The Labute approximate surface area is 233 Å². The molecule has 2 aromatic carbocycles. The van der Waals surface area contributed by atoms with E-state index in [0.29, 0.717) is 41.2 Å². The third-order valence-corrected chi connectivity index (χ3v) is 6.81. The monoisotopic (exact) mass is 555 g/mol. The molecule has 11 heteroatoms. The summed E-state index contributed by atoms with van der Waals surface area (Å²) in [5, 5.41) is 8.56. The fourth-order valence-electron chi connectivity index (χ4n) is 4.87. The third kappa shape index (κ3) is 6.47. The van der Waals surface area contributed by atoms with Gasteiger partial charge in [0.05, 0.1) is 40.2 Å². The van der Waals surface area contributed by atoms with Crippen LogP contribution in [-0.4, -0.2) is 58.8 Å². The number of rotatable bonds is 10. The van der Waals surface area contributed by atoms with E-state index in [1.807, 2.05) is 19.9 Å². The Hall–Kier alpha value is -4.28. The van der Waals surface area contributed by atoms with Crippen LogP contribution in [0.25, 0.3) is 11.1 Å². The summed E-state index contributed by atoms with van der Waals surface area (Å²) in [4.78, 5) is 50.1. The predicted octanol–water partition coefficient (Wildman–Crippen LogP) is 2.59. The van der Waals surface area contributed by atoms with Gasteiger partial charge in [0.25, 0.3) is 0 Å². The highest BCUT2D eigenvalue weighted by atomic mass is 16.5. The number of ether oxygens (including phenoxy) is 4. The number of hydrogen-bond acceptors (Lipinski definition) is 9. The van der Waals surface area contributed by atoms with Gasteiger partial charge < -0.3 is 34.9 Å². The van der Waals surface area contributed by atoms with Crippen molar-refractivity contribution in [2.24, 2.45) is 5.92 Å². The molecule has 0 spiro atoms. The van der Waals surface area contributed by atoms with Crippen molar-refractivity contribution in [2.75, 3.05) is 40.3 Å². The van der Waals surface area contributed by atoms with Crippen LogP contribution in [0.5, 0.6) is 17.2 Å². The maximum absolute atomic E-state index is 13.6. The van der Waals surface area contributed by atoms with E-state index >= 15 is 0 Å². The molecular weight excluding hydrogens is 518 g/mol. The van der Waals surface area contributed by atoms with Gasteiger partial charge in [0.1, 0.15) is 12.6 Å². The van der Waals surface area contributed by atoms with E-state index in [0.717, 1.165) is 11.1 Å². The second kappa shape index (κ2) is 13.2. The zero-order chi connectivity index (χ0) is 29.6. The van der Waals surface area contributed by atoms with Gasteiger partial charge in [0.2, 0.25) is 23.0 Å². The smallest absolute Gasteiger partial charge is 0.325 e. The van der Waals surface area contributed by atoms with Gasteiger partial charge in [-0.05, 0) is 53.6 Å². The van der Waals surface area contributed by atoms with E-state index in [1.165, 1.54) is 34.3 Å². The van der Waals surface area contributed by atoms with Crippen LogP contribution >= 0.6 is 0 Å². The van der Waals surface area contributed by atoms with Crippen molar-refractivity contribution in [3.8, 4) is 28.4 Å². The normalized spacial score (nSPS) is 14.6. The molecule has 2 unspecified atom stereocenters. The zero-order valence-electron chi connectivity index (χ0n) is 23.9. The number of methoxy groups -OCH3 is 4. The van der Waals surface area contributed by atoms with Crippen LogP contribution in [-0.2, 0) is 25.5 Å². The highest BCUT2D eigenvalue weighted by molar-refractivity contribution is 5.88. The molecule has 0 fully saturated rings. The lowest BCUT2D eigenvalue weighted by Crippen LogP contribution is -2.45. The Morgan fingerprint density at radius 3 is 2.27 bits per heavy atom. The SMILES string of the molecule is COC(=O)CNC(=O)C(Nc1ccc2c(cc1=O)C(NC(C)=O)CCc1cc(OC)c(OC)c(OC)c1-2)C(C)C. The quantitative estimate of drug-likeness (QED) is 0.377. The maximum Gasteiger partial charge on any atom is 0.325 e. The van der Waals surface area contributed by atoms with Gasteiger partial charge in [-0.3, -0.25) is 19.2 Å². The number of hydrogen-bond donors (Lipinski definition) is 3. The number of benzene rings is 1. The molecule has 3 N–H and O–H groups in total. The molecule has 1 aliphatic rings. The Bertz CT molecular complexity index is 1340. The van der Waals surface area contributed by atoms with Crippen LogP contribution in [0.3, 0.4) is 0 Å². The van der Waals surface area contributed by atoms with Gasteiger partial charge in [0, 0.05) is 12.5 Å². The van der Waals surface area contributed by atoms with Crippen LogP contribution < -0.4 is 35.6 Å². The van der Waals surface area contributed by atoms with Crippen molar-refractivity contribution in [1.82, 2.24) is 10.6 Å². The second-order valence-electron chi connectivity index (χ2n) is 9.76. The molecule has 40 heavy (non-hydrogen) atoms. The lowest BCUT2D eigenvalue weighted by Gasteiger charge is -2.21. The molecule has 2 amide bonds. The number of nitrogens with one attached hydrogen (secondary N) is 3. The summed E-state index contributed by atoms with van der Waals surface area (Å²) < 4.78 is 21.6. The van der Waals surface area contributed by atoms with E-state index in [1.54, 1.807) is 19.2 Å². The molecule has 2 atom stereocenters. The molecule has 0 saturated heterocycles. The predicted molar refractivity (Wildman–Crippen MR) is 150 cm³/mol. The van der Waals surface area contributed by atoms with E-state index < -0.39 is 24.0 Å². The Kier molecular flexibility index (Phi) is 9.98. The topological polar surface area (TPSA) is 141 Å². The lowest BCUT2D eigenvalue weighted by molar-refractivity contribution is -0.141. The summed E-state index contributed by atoms with van der Waals surface area (Å²) in [6.45, 7) is 4.79. The minimum atomic E-state index is -0.808. The number of carbonyl (C=O) groups is 3. The lowest BCUT2D eigenvalue weighted by atomic mass is 9.95. The average molecular weight is 556 g/mol. The van der Waals surface area contributed by atoms with Crippen LogP contribution in [0.15, 0.2) is 29.1 Å². The summed E-state index contributed by atoms with van der Waals surface area (Å²) in [5.74, 6) is -0.137. The number of anilines is 1. The number of carbonyl (C=O) groups excluding carboxylic acids is 3. The summed E-state index contributed by atoms with van der Waals surface area (Å²) >= 11 is 0. The minimum Gasteiger partial charge on any atom is -0.493 e. The molecule has 3 rings (SSSR count). The third-order valence-electron chi connectivity index (χ3n) is 6.81. The summed E-state index contributed by atoms with van der Waals surface area (Å²) in [6, 6.07) is 5.47. The van der Waals surface area contributed by atoms with Crippen molar-refractivity contribution in [2.45, 2.75) is 45.7 Å². The van der Waals surface area contributed by atoms with Gasteiger partial charge in [-0.25, -0.2) is 0 Å². The molecule has 0 aliphatic heterocycles. The van der Waals surface area contributed by atoms with E-state index in [-0.39, 0.29) is 29.5 Å². The fourth-order valence-corrected chi connectivity index (χ4v) is 4.87. The van der Waals surface area contributed by atoms with Gasteiger partial charge in [-0.1, -0.05) is 19.9 Å². The maximum atomic E-state index is 13.6. The van der Waals surface area contributed by atoms with E-state index in [2.05, 4.69) is 20.7 Å². The number of esters is 1. The van der Waals surface area contributed by atoms with Crippen LogP contribution in [0.4, 0.5) is 5.69 Å². The summed E-state index contributed by atoms with van der Waals surface area (Å²) in [5.41, 5.74) is 2.72. The first-order valence-electron chi connectivity index (χ1n) is 12.9. The number of amides is 2. The molecule has 1 aliphatic carbocycles. The van der Waals surface area contributed by atoms with Crippen molar-refractivity contribution in [3.05, 3.63) is 45.6 Å². The molecule has 11 nitrogen and oxygen atoms in total. The van der Waals surface area contributed by atoms with E-state index in [4.69, 9.17) is 14.2 Å². The minimum absolute atomic E-state index is 0.183. The Balaban J connectivity index is 2.20. The van der Waals surface area contributed by atoms with Crippen molar-refractivity contribution < 1.29 is 33.3 Å². The number of fused-ring (bicyclic) bond motifs is 3. The van der Waals surface area contributed by atoms with Gasteiger partial charge in [0.15, 0.2) is 11.5 Å². The second-order valence-corrected chi connectivity index (χ2v) is 9.76. The summed E-state index contributed by atoms with van der Waals surface area (Å²) in [7, 11) is 5.83. The van der Waals surface area contributed by atoms with Gasteiger partial charge >= 0.3 is 5.97 Å². The Morgan fingerprint density at radius 1 is 1.00 bits per heavy atom. The largest absolute Gasteiger partial charge is 0.493 e. The Morgan fingerprint density at radius 2 is 1.70 bits per heavy atom. The molecule has 0 heterocycles. The van der Waals surface area contributed by atoms with Crippen LogP contribution in [0, 0.1) is 5.92 Å². The summed E-state index contributed by atoms with van der Waals surface area (Å²) in [6.07, 6.45) is 1.10. The van der Waals surface area contributed by atoms with Crippen molar-refractivity contribution >= 4 is 23.5 Å². The molecule has 0 saturated carbocycles.